The highest BCUT2D eigenvalue weighted by atomic mass is 16.6. The smallest absolute Gasteiger partial charge is 0.339 e. The summed E-state index contributed by atoms with van der Waals surface area (Å²) in [5.74, 6) is 1.48. The number of nitrogens with one attached hydrogen (secondary N) is 1. The predicted molar refractivity (Wildman–Crippen MR) is 90.6 cm³/mol. The van der Waals surface area contributed by atoms with Gasteiger partial charge in [-0.05, 0) is 25.0 Å². The van der Waals surface area contributed by atoms with Crippen LogP contribution >= 0.6 is 0 Å². The van der Waals surface area contributed by atoms with E-state index < -0.39 is 0 Å². The zero-order valence-electron chi connectivity index (χ0n) is 14.0. The van der Waals surface area contributed by atoms with Gasteiger partial charge in [0.25, 0.3) is 0 Å². The van der Waals surface area contributed by atoms with Gasteiger partial charge < -0.3 is 4.52 Å². The van der Waals surface area contributed by atoms with Gasteiger partial charge in [0.05, 0.1) is 30.7 Å². The van der Waals surface area contributed by atoms with Crippen molar-refractivity contribution in [2.24, 2.45) is 0 Å². The van der Waals surface area contributed by atoms with Crippen LogP contribution in [-0.4, -0.2) is 32.8 Å². The fraction of sp³-hybridized carbons (Fsp3) is 0.294. The van der Waals surface area contributed by atoms with Crippen molar-refractivity contribution in [2.45, 2.75) is 25.3 Å². The SMILES string of the molecule is CONC(=O)N1Cc2c(-c3noc(C4CC4)n3)ncn2-c2ccccc21. The van der Waals surface area contributed by atoms with Gasteiger partial charge in [-0.15, -0.1) is 0 Å². The number of carbonyl (C=O) groups excluding carboxylic acids is 1. The van der Waals surface area contributed by atoms with E-state index in [0.29, 0.717) is 29.9 Å². The molecule has 1 N–H and O–H groups in total. The van der Waals surface area contributed by atoms with E-state index in [-0.39, 0.29) is 6.03 Å². The molecular weight excluding hydrogens is 336 g/mol. The molecule has 26 heavy (non-hydrogen) atoms. The van der Waals surface area contributed by atoms with Gasteiger partial charge in [-0.1, -0.05) is 17.3 Å². The number of amides is 2. The highest BCUT2D eigenvalue weighted by Gasteiger charge is 2.33. The predicted octanol–water partition coefficient (Wildman–Crippen LogP) is 2.39. The fourth-order valence-electron chi connectivity index (χ4n) is 3.20. The van der Waals surface area contributed by atoms with E-state index in [2.05, 4.69) is 20.6 Å². The van der Waals surface area contributed by atoms with E-state index in [4.69, 9.17) is 9.36 Å². The second-order valence-electron chi connectivity index (χ2n) is 6.33. The lowest BCUT2D eigenvalue weighted by Gasteiger charge is -2.30. The first kappa shape index (κ1) is 15.1. The van der Waals surface area contributed by atoms with Crippen molar-refractivity contribution >= 4 is 11.7 Å². The van der Waals surface area contributed by atoms with Crippen molar-refractivity contribution in [2.75, 3.05) is 12.0 Å². The largest absolute Gasteiger partial charge is 0.346 e. The summed E-state index contributed by atoms with van der Waals surface area (Å²) < 4.78 is 7.32. The Morgan fingerprint density at radius 1 is 1.31 bits per heavy atom. The van der Waals surface area contributed by atoms with Crippen LogP contribution in [-0.2, 0) is 11.4 Å². The molecule has 0 saturated heterocycles. The van der Waals surface area contributed by atoms with Crippen LogP contribution in [0.4, 0.5) is 10.5 Å². The van der Waals surface area contributed by atoms with Gasteiger partial charge in [0.15, 0.2) is 0 Å². The van der Waals surface area contributed by atoms with Crippen molar-refractivity contribution in [3.8, 4) is 17.2 Å². The molecule has 1 saturated carbocycles. The van der Waals surface area contributed by atoms with Crippen molar-refractivity contribution in [1.82, 2.24) is 25.2 Å². The minimum absolute atomic E-state index is 0.314. The molecule has 0 radical (unpaired) electrons. The Hall–Kier alpha value is -3.20. The van der Waals surface area contributed by atoms with E-state index in [9.17, 15) is 4.79 Å². The average Bonchev–Trinajstić information content (AvgIpc) is 3.24. The molecular formula is C17H16N6O3. The number of aromatic nitrogens is 4. The molecule has 0 spiro atoms. The van der Waals surface area contributed by atoms with E-state index in [1.807, 2.05) is 28.8 Å². The first-order valence-corrected chi connectivity index (χ1v) is 8.36. The molecule has 0 atom stereocenters. The lowest BCUT2D eigenvalue weighted by Crippen LogP contribution is -2.41. The van der Waals surface area contributed by atoms with Crippen LogP contribution in [0.5, 0.6) is 0 Å². The molecule has 132 valence electrons. The number of carbonyl (C=O) groups is 1. The normalized spacial score (nSPS) is 15.5. The molecule has 2 aromatic heterocycles. The maximum atomic E-state index is 12.5. The first-order valence-electron chi connectivity index (χ1n) is 8.36. The average molecular weight is 352 g/mol. The zero-order chi connectivity index (χ0) is 17.7. The number of urea groups is 1. The summed E-state index contributed by atoms with van der Waals surface area (Å²) in [6, 6.07) is 7.26. The standard InChI is InChI=1S/C17H16N6O3/c1-25-21-17(24)22-8-13-14(15-19-16(26-20-15)10-6-7-10)18-9-23(13)12-5-3-2-4-11(12)22/h2-5,9-10H,6-8H2,1H3,(H,21,24). The number of hydrogen-bond acceptors (Lipinski definition) is 6. The van der Waals surface area contributed by atoms with Gasteiger partial charge in [0.2, 0.25) is 11.7 Å². The summed E-state index contributed by atoms with van der Waals surface area (Å²) in [7, 11) is 1.40. The number of nitrogens with zero attached hydrogens (tertiary/aromatic N) is 5. The third-order valence-corrected chi connectivity index (χ3v) is 4.62. The monoisotopic (exact) mass is 352 g/mol. The Balaban J connectivity index is 1.60. The van der Waals surface area contributed by atoms with Gasteiger partial charge in [0.1, 0.15) is 12.0 Å². The van der Waals surface area contributed by atoms with Crippen molar-refractivity contribution in [3.63, 3.8) is 0 Å². The van der Waals surface area contributed by atoms with Crippen LogP contribution in [0.3, 0.4) is 0 Å². The molecule has 5 rings (SSSR count). The molecule has 1 aromatic carbocycles. The van der Waals surface area contributed by atoms with Gasteiger partial charge in [-0.3, -0.25) is 14.3 Å². The molecule has 1 aliphatic carbocycles. The summed E-state index contributed by atoms with van der Waals surface area (Å²) in [5.41, 5.74) is 5.43. The van der Waals surface area contributed by atoms with E-state index >= 15 is 0 Å². The Kier molecular flexibility index (Phi) is 3.29. The van der Waals surface area contributed by atoms with E-state index in [1.54, 1.807) is 11.2 Å². The zero-order valence-corrected chi connectivity index (χ0v) is 14.0. The summed E-state index contributed by atoms with van der Waals surface area (Å²) in [6.07, 6.45) is 3.89. The van der Waals surface area contributed by atoms with E-state index in [0.717, 1.165) is 29.9 Å². The molecule has 1 aliphatic heterocycles. The minimum Gasteiger partial charge on any atom is -0.339 e. The van der Waals surface area contributed by atoms with Crippen LogP contribution in [0.2, 0.25) is 0 Å². The number of anilines is 1. The molecule has 0 bridgehead atoms. The third-order valence-electron chi connectivity index (χ3n) is 4.62. The highest BCUT2D eigenvalue weighted by Crippen LogP contribution is 2.40. The summed E-state index contributed by atoms with van der Waals surface area (Å²) >= 11 is 0. The van der Waals surface area contributed by atoms with Gasteiger partial charge in [-0.25, -0.2) is 15.3 Å². The fourth-order valence-corrected chi connectivity index (χ4v) is 3.20. The van der Waals surface area contributed by atoms with Gasteiger partial charge >= 0.3 is 6.03 Å². The summed E-state index contributed by atoms with van der Waals surface area (Å²) in [6.45, 7) is 0.314. The third kappa shape index (κ3) is 2.28. The summed E-state index contributed by atoms with van der Waals surface area (Å²) in [4.78, 5) is 27.8. The first-order chi connectivity index (χ1) is 12.8. The van der Waals surface area contributed by atoms with Gasteiger partial charge in [0, 0.05) is 5.92 Å². The van der Waals surface area contributed by atoms with E-state index in [1.165, 1.54) is 7.11 Å². The molecule has 2 aliphatic rings. The molecule has 1 fully saturated rings. The number of rotatable bonds is 3. The molecule has 0 unspecified atom stereocenters. The quantitative estimate of drug-likeness (QED) is 0.727. The number of hydroxylamine groups is 1. The topological polar surface area (TPSA) is 98.3 Å². The maximum absolute atomic E-state index is 12.5. The number of fused-ring (bicyclic) bond motifs is 3. The molecule has 9 nitrogen and oxygen atoms in total. The van der Waals surface area contributed by atoms with Crippen LogP contribution in [0.25, 0.3) is 17.2 Å². The maximum Gasteiger partial charge on any atom is 0.346 e. The molecule has 3 heterocycles. The number of benzene rings is 1. The second kappa shape index (κ2) is 5.67. The Bertz CT molecular complexity index is 990. The van der Waals surface area contributed by atoms with Crippen LogP contribution in [0.15, 0.2) is 35.1 Å². The second-order valence-corrected chi connectivity index (χ2v) is 6.33. The van der Waals surface area contributed by atoms with Crippen LogP contribution in [0.1, 0.15) is 30.3 Å². The highest BCUT2D eigenvalue weighted by molar-refractivity contribution is 5.94. The Morgan fingerprint density at radius 2 is 2.12 bits per heavy atom. The Morgan fingerprint density at radius 3 is 2.88 bits per heavy atom. The Labute approximate surface area is 148 Å². The molecule has 3 aromatic rings. The molecule has 9 heteroatoms. The lowest BCUT2D eigenvalue weighted by atomic mass is 10.1. The van der Waals surface area contributed by atoms with Crippen molar-refractivity contribution in [3.05, 3.63) is 42.2 Å². The lowest BCUT2D eigenvalue weighted by molar-refractivity contribution is 0.110. The molecule has 2 amide bonds. The number of hydrogen-bond donors (Lipinski definition) is 1. The number of para-hydroxylation sites is 2. The minimum atomic E-state index is -0.356. The summed E-state index contributed by atoms with van der Waals surface area (Å²) in [5, 5.41) is 4.08. The number of imidazole rings is 1. The van der Waals surface area contributed by atoms with Crippen molar-refractivity contribution in [1.29, 1.82) is 0 Å². The van der Waals surface area contributed by atoms with Crippen LogP contribution in [0, 0.1) is 0 Å². The van der Waals surface area contributed by atoms with Crippen LogP contribution < -0.4 is 10.4 Å². The van der Waals surface area contributed by atoms with Crippen molar-refractivity contribution < 1.29 is 14.2 Å². The van der Waals surface area contributed by atoms with Gasteiger partial charge in [-0.2, -0.15) is 4.98 Å².